The van der Waals surface area contributed by atoms with Gasteiger partial charge in [0.1, 0.15) is 0 Å². The molecule has 5 heteroatoms. The summed E-state index contributed by atoms with van der Waals surface area (Å²) in [5, 5.41) is 2.97. The zero-order chi connectivity index (χ0) is 12.5. The first-order chi connectivity index (χ1) is 8.06. The number of hydrogen-bond donors (Lipinski definition) is 2. The van der Waals surface area contributed by atoms with Gasteiger partial charge in [0.05, 0.1) is 0 Å². The monoisotopic (exact) mass is 314 g/mol. The van der Waals surface area contributed by atoms with Crippen molar-refractivity contribution in [1.29, 1.82) is 0 Å². The summed E-state index contributed by atoms with van der Waals surface area (Å²) >= 11 is 5.14. The average Bonchev–Trinajstić information content (AvgIpc) is 3.10. The van der Waals surface area contributed by atoms with Gasteiger partial charge in [-0.25, -0.2) is 0 Å². The maximum absolute atomic E-state index is 11.9. The van der Waals surface area contributed by atoms with Gasteiger partial charge in [-0.05, 0) is 53.2 Å². The van der Waals surface area contributed by atoms with E-state index in [1.165, 1.54) is 12.8 Å². The molecule has 0 unspecified atom stereocenters. The van der Waals surface area contributed by atoms with Crippen LogP contribution in [-0.2, 0) is 0 Å². The average molecular weight is 315 g/mol. The van der Waals surface area contributed by atoms with E-state index in [2.05, 4.69) is 27.5 Å². The minimum Gasteiger partial charge on any atom is -0.398 e. The Balaban J connectivity index is 1.97. The van der Waals surface area contributed by atoms with Crippen LogP contribution in [0.5, 0.6) is 0 Å². The first-order valence-corrected chi connectivity index (χ1v) is 7.46. The molecule has 0 aliphatic heterocycles. The molecule has 0 saturated heterocycles. The Morgan fingerprint density at radius 2 is 2.29 bits per heavy atom. The minimum atomic E-state index is -0.0514. The number of hydrogen-bond acceptors (Lipinski definition) is 3. The zero-order valence-corrected chi connectivity index (χ0v) is 12.0. The molecule has 3 N–H and O–H groups in total. The van der Waals surface area contributed by atoms with Gasteiger partial charge < -0.3 is 11.1 Å². The molecule has 92 valence electrons. The Morgan fingerprint density at radius 1 is 1.59 bits per heavy atom. The van der Waals surface area contributed by atoms with Crippen LogP contribution in [0.1, 0.15) is 23.2 Å². The van der Waals surface area contributed by atoms with Crippen molar-refractivity contribution in [3.8, 4) is 0 Å². The molecule has 0 bridgehead atoms. The zero-order valence-electron chi connectivity index (χ0n) is 9.63. The Bertz CT molecular complexity index is 446. The lowest BCUT2D eigenvalue weighted by atomic mass is 10.2. The van der Waals surface area contributed by atoms with Crippen LogP contribution in [0.4, 0.5) is 5.69 Å². The summed E-state index contributed by atoms with van der Waals surface area (Å²) in [5.74, 6) is -0.0514. The molecule has 1 amide bonds. The maximum Gasteiger partial charge on any atom is 0.251 e. The maximum atomic E-state index is 11.9. The molecule has 0 spiro atoms. The SMILES string of the molecule is CSC1(CNC(=O)c2ccc(Br)c(N)c2)CC1. The minimum absolute atomic E-state index is 0.0514. The van der Waals surface area contributed by atoms with Crippen LogP contribution in [0.3, 0.4) is 0 Å². The summed E-state index contributed by atoms with van der Waals surface area (Å²) in [6, 6.07) is 5.26. The van der Waals surface area contributed by atoms with Gasteiger partial charge in [0.25, 0.3) is 5.91 Å². The van der Waals surface area contributed by atoms with Gasteiger partial charge >= 0.3 is 0 Å². The van der Waals surface area contributed by atoms with Crippen LogP contribution >= 0.6 is 27.7 Å². The molecule has 1 aliphatic rings. The number of carbonyl (C=O) groups excluding carboxylic acids is 1. The van der Waals surface area contributed by atoms with Gasteiger partial charge in [0.2, 0.25) is 0 Å². The molecule has 17 heavy (non-hydrogen) atoms. The van der Waals surface area contributed by atoms with Crippen molar-refractivity contribution < 1.29 is 4.79 Å². The number of rotatable bonds is 4. The Hall–Kier alpha value is -0.680. The lowest BCUT2D eigenvalue weighted by Crippen LogP contribution is -2.31. The molecule has 1 aromatic carbocycles. The topological polar surface area (TPSA) is 55.1 Å². The van der Waals surface area contributed by atoms with Crippen LogP contribution in [-0.4, -0.2) is 23.5 Å². The number of anilines is 1. The number of amides is 1. The number of nitrogens with one attached hydrogen (secondary N) is 1. The summed E-state index contributed by atoms with van der Waals surface area (Å²) < 4.78 is 1.10. The fourth-order valence-electron chi connectivity index (χ4n) is 1.62. The fraction of sp³-hybridized carbons (Fsp3) is 0.417. The number of nitrogens with two attached hydrogens (primary N) is 1. The van der Waals surface area contributed by atoms with Crippen LogP contribution in [0.25, 0.3) is 0 Å². The van der Waals surface area contributed by atoms with Gasteiger partial charge in [-0.3, -0.25) is 4.79 Å². The predicted octanol–water partition coefficient (Wildman–Crippen LogP) is 2.66. The molecule has 3 nitrogen and oxygen atoms in total. The molecule has 1 aliphatic carbocycles. The third-order valence-electron chi connectivity index (χ3n) is 3.07. The highest BCUT2D eigenvalue weighted by Gasteiger charge is 2.41. The molecular formula is C12H15BrN2OS. The molecule has 1 fully saturated rings. The van der Waals surface area contributed by atoms with E-state index >= 15 is 0 Å². The Morgan fingerprint density at radius 3 is 2.82 bits per heavy atom. The van der Waals surface area contributed by atoms with Crippen LogP contribution in [0, 0.1) is 0 Å². The standard InChI is InChI=1S/C12H15BrN2OS/c1-17-12(4-5-12)7-15-11(16)8-2-3-9(13)10(14)6-8/h2-3,6H,4-5,7,14H2,1H3,(H,15,16). The summed E-state index contributed by atoms with van der Waals surface area (Å²) in [7, 11) is 0. The van der Waals surface area contributed by atoms with Crippen molar-refractivity contribution in [2.75, 3.05) is 18.5 Å². The van der Waals surface area contributed by atoms with E-state index in [9.17, 15) is 4.79 Å². The molecule has 0 heterocycles. The van der Waals surface area contributed by atoms with Crippen molar-refractivity contribution in [3.63, 3.8) is 0 Å². The highest BCUT2D eigenvalue weighted by Crippen LogP contribution is 2.46. The molecule has 1 saturated carbocycles. The smallest absolute Gasteiger partial charge is 0.251 e. The van der Waals surface area contributed by atoms with Crippen molar-refractivity contribution >= 4 is 39.3 Å². The highest BCUT2D eigenvalue weighted by molar-refractivity contribution is 9.10. The van der Waals surface area contributed by atoms with Crippen molar-refractivity contribution in [1.82, 2.24) is 5.32 Å². The Labute approximate surface area is 114 Å². The van der Waals surface area contributed by atoms with Gasteiger partial charge in [-0.15, -0.1) is 0 Å². The second-order valence-corrected chi connectivity index (χ2v) is 6.43. The largest absolute Gasteiger partial charge is 0.398 e. The van der Waals surface area contributed by atoms with Crippen LogP contribution < -0.4 is 11.1 Å². The number of benzene rings is 1. The van der Waals surface area contributed by atoms with E-state index in [0.29, 0.717) is 11.3 Å². The van der Waals surface area contributed by atoms with Gasteiger partial charge in [-0.2, -0.15) is 11.8 Å². The molecular weight excluding hydrogens is 300 g/mol. The van der Waals surface area contributed by atoms with E-state index in [0.717, 1.165) is 11.0 Å². The summed E-state index contributed by atoms with van der Waals surface area (Å²) in [4.78, 5) is 11.9. The lowest BCUT2D eigenvalue weighted by molar-refractivity contribution is 0.0953. The van der Waals surface area contributed by atoms with Crippen LogP contribution in [0.15, 0.2) is 22.7 Å². The van der Waals surface area contributed by atoms with E-state index in [-0.39, 0.29) is 10.7 Å². The number of thioether (sulfide) groups is 1. The van der Waals surface area contributed by atoms with Gasteiger partial charge in [0.15, 0.2) is 0 Å². The van der Waals surface area contributed by atoms with E-state index < -0.39 is 0 Å². The highest BCUT2D eigenvalue weighted by atomic mass is 79.9. The van der Waals surface area contributed by atoms with Crippen molar-refractivity contribution in [3.05, 3.63) is 28.2 Å². The number of carbonyl (C=O) groups is 1. The normalized spacial score (nSPS) is 16.6. The van der Waals surface area contributed by atoms with Gasteiger partial charge in [-0.1, -0.05) is 0 Å². The molecule has 1 aromatic rings. The second kappa shape index (κ2) is 4.90. The van der Waals surface area contributed by atoms with Crippen molar-refractivity contribution in [2.24, 2.45) is 0 Å². The summed E-state index contributed by atoms with van der Waals surface area (Å²) in [6.45, 7) is 0.739. The summed E-state index contributed by atoms with van der Waals surface area (Å²) in [5.41, 5.74) is 6.95. The molecule has 0 atom stereocenters. The fourth-order valence-corrected chi connectivity index (χ4v) is 2.59. The lowest BCUT2D eigenvalue weighted by Gasteiger charge is -2.13. The van der Waals surface area contributed by atoms with Crippen LogP contribution in [0.2, 0.25) is 0 Å². The first-order valence-electron chi connectivity index (χ1n) is 5.45. The molecule has 0 aromatic heterocycles. The van der Waals surface area contributed by atoms with E-state index in [1.807, 2.05) is 11.8 Å². The van der Waals surface area contributed by atoms with E-state index in [1.54, 1.807) is 18.2 Å². The Kier molecular flexibility index (Phi) is 3.68. The third kappa shape index (κ3) is 2.96. The van der Waals surface area contributed by atoms with Gasteiger partial charge in [0, 0.05) is 27.0 Å². The first kappa shape index (κ1) is 12.8. The molecule has 0 radical (unpaired) electrons. The predicted molar refractivity (Wildman–Crippen MR) is 76.4 cm³/mol. The van der Waals surface area contributed by atoms with E-state index in [4.69, 9.17) is 5.73 Å². The molecule has 2 rings (SSSR count). The second-order valence-electron chi connectivity index (χ2n) is 4.31. The quantitative estimate of drug-likeness (QED) is 0.840. The van der Waals surface area contributed by atoms with Crippen molar-refractivity contribution in [2.45, 2.75) is 17.6 Å². The summed E-state index contributed by atoms with van der Waals surface area (Å²) in [6.07, 6.45) is 4.48. The third-order valence-corrected chi connectivity index (χ3v) is 5.21. The number of nitrogen functional groups attached to an aromatic ring is 1. The number of halogens is 1.